The second kappa shape index (κ2) is 13.2. The Balaban J connectivity index is 0.858. The van der Waals surface area contributed by atoms with Crippen molar-refractivity contribution in [2.24, 2.45) is 0 Å². The first-order chi connectivity index (χ1) is 30.9. The van der Waals surface area contributed by atoms with Crippen LogP contribution < -0.4 is 22.0 Å². The molecule has 4 aliphatic rings. The van der Waals surface area contributed by atoms with E-state index in [9.17, 15) is 9.90 Å². The average Bonchev–Trinajstić information content (AvgIpc) is 3.78. The third-order valence-electron chi connectivity index (χ3n) is 12.9. The normalized spacial score (nSPS) is 16.4. The molecule has 1 unspecified atom stereocenters. The number of hydrogen-bond acceptors (Lipinski definition) is 10. The topological polar surface area (TPSA) is 92.7 Å². The Labute approximate surface area is 370 Å². The Morgan fingerprint density at radius 3 is 1.68 bits per heavy atom. The molecule has 2 spiro atoms. The standard InChI is InChI=1S/C53H30O8S2/c54-31-15-23-43-47(27-31)56-48-28-34(18-24-44(48)53(43)42-12-6-3-9-39(42)51(55)58-53)61-63-60-33-17-20-36-30(26-33)14-22-46-50(36)57-49-35-19-16-32(59-62)25-29(35)13-21-45(49)52(46)40-10-4-1-7-37(40)38-8-2-5-11-41(38)52/h1-28,54,62H. The van der Waals surface area contributed by atoms with Crippen molar-refractivity contribution in [1.82, 2.24) is 0 Å². The fourth-order valence-electron chi connectivity index (χ4n) is 10.3. The van der Waals surface area contributed by atoms with Crippen LogP contribution in [-0.2, 0) is 15.8 Å². The highest BCUT2D eigenvalue weighted by atomic mass is 32.2. The van der Waals surface area contributed by atoms with E-state index < -0.39 is 17.0 Å². The number of thiol groups is 1. The van der Waals surface area contributed by atoms with Gasteiger partial charge in [-0.3, -0.25) is 0 Å². The summed E-state index contributed by atoms with van der Waals surface area (Å²) in [6, 6.07) is 55.3. The van der Waals surface area contributed by atoms with Gasteiger partial charge in [-0.1, -0.05) is 91.0 Å². The van der Waals surface area contributed by atoms with Crippen LogP contribution in [0.5, 0.6) is 46.0 Å². The van der Waals surface area contributed by atoms with Crippen LogP contribution in [0.1, 0.15) is 49.3 Å². The quantitative estimate of drug-likeness (QED) is 0.0997. The molecule has 9 aromatic carbocycles. The predicted molar refractivity (Wildman–Crippen MR) is 244 cm³/mol. The van der Waals surface area contributed by atoms with E-state index in [1.165, 1.54) is 28.3 Å². The van der Waals surface area contributed by atoms with Crippen LogP contribution in [0.4, 0.5) is 0 Å². The summed E-state index contributed by atoms with van der Waals surface area (Å²) in [5, 5.41) is 14.2. The fraction of sp³-hybridized carbons (Fsp3) is 0.0377. The van der Waals surface area contributed by atoms with Gasteiger partial charge in [0.2, 0.25) is 0 Å². The predicted octanol–water partition coefficient (Wildman–Crippen LogP) is 13.0. The second-order valence-electron chi connectivity index (χ2n) is 16.0. The van der Waals surface area contributed by atoms with Crippen molar-refractivity contribution in [2.75, 3.05) is 0 Å². The number of fused-ring (bicyclic) bond motifs is 19. The molecule has 0 bridgehead atoms. The number of aromatic hydroxyl groups is 1. The zero-order valence-corrected chi connectivity index (χ0v) is 34.5. The zero-order chi connectivity index (χ0) is 42.0. The van der Waals surface area contributed by atoms with Crippen molar-refractivity contribution >= 4 is 52.7 Å². The van der Waals surface area contributed by atoms with Gasteiger partial charge in [0.05, 0.1) is 11.0 Å². The van der Waals surface area contributed by atoms with Gasteiger partial charge in [-0.05, 0) is 99.8 Å². The van der Waals surface area contributed by atoms with E-state index in [0.29, 0.717) is 51.0 Å². The maximum Gasteiger partial charge on any atom is 0.340 e. The first-order valence-corrected chi connectivity index (χ1v) is 21.3. The first kappa shape index (κ1) is 36.2. The number of esters is 1. The van der Waals surface area contributed by atoms with E-state index >= 15 is 0 Å². The van der Waals surface area contributed by atoms with Crippen LogP contribution in [0.25, 0.3) is 32.7 Å². The Hall–Kier alpha value is -7.53. The van der Waals surface area contributed by atoms with E-state index in [1.807, 2.05) is 60.7 Å². The summed E-state index contributed by atoms with van der Waals surface area (Å²) < 4.78 is 37.2. The zero-order valence-electron chi connectivity index (χ0n) is 32.8. The first-order valence-electron chi connectivity index (χ1n) is 20.3. The number of rotatable bonds is 5. The van der Waals surface area contributed by atoms with Crippen LogP contribution >= 0.6 is 25.2 Å². The van der Waals surface area contributed by atoms with E-state index in [0.717, 1.165) is 56.5 Å². The minimum absolute atomic E-state index is 0.0225. The average molecular weight is 859 g/mol. The van der Waals surface area contributed by atoms with Gasteiger partial charge in [-0.2, -0.15) is 0 Å². The molecule has 3 aliphatic heterocycles. The van der Waals surface area contributed by atoms with Crippen molar-refractivity contribution in [3.8, 4) is 57.1 Å². The Morgan fingerprint density at radius 1 is 0.492 bits per heavy atom. The number of phenolic OH excluding ortho intramolecular Hbond substituents is 1. The van der Waals surface area contributed by atoms with Crippen molar-refractivity contribution in [3.63, 3.8) is 0 Å². The monoisotopic (exact) mass is 858 g/mol. The Morgan fingerprint density at radius 2 is 1.02 bits per heavy atom. The molecule has 10 heteroatoms. The summed E-state index contributed by atoms with van der Waals surface area (Å²) in [6.45, 7) is 0. The van der Waals surface area contributed by atoms with E-state index in [2.05, 4.69) is 85.7 Å². The summed E-state index contributed by atoms with van der Waals surface area (Å²) in [7, 11) is 0. The number of phenols is 1. The molecule has 0 saturated carbocycles. The summed E-state index contributed by atoms with van der Waals surface area (Å²) in [5.74, 6) is 3.62. The molecular weight excluding hydrogens is 829 g/mol. The summed E-state index contributed by atoms with van der Waals surface area (Å²) >= 11 is 4.88. The van der Waals surface area contributed by atoms with Crippen LogP contribution in [-0.4, -0.2) is 11.1 Å². The molecule has 0 fully saturated rings. The number of benzene rings is 9. The van der Waals surface area contributed by atoms with Crippen molar-refractivity contribution in [1.29, 1.82) is 0 Å². The Bertz CT molecular complexity index is 3430. The van der Waals surface area contributed by atoms with Gasteiger partial charge in [0.1, 0.15) is 46.0 Å². The Kier molecular flexibility index (Phi) is 7.60. The molecule has 1 N–H and O–H groups in total. The molecule has 302 valence electrons. The van der Waals surface area contributed by atoms with Gasteiger partial charge in [0.15, 0.2) is 5.60 Å². The van der Waals surface area contributed by atoms with E-state index in [-0.39, 0.29) is 5.75 Å². The summed E-state index contributed by atoms with van der Waals surface area (Å²) in [6.07, 6.45) is 0. The van der Waals surface area contributed by atoms with Crippen LogP contribution in [0.3, 0.4) is 0 Å². The number of carbonyl (C=O) groups excluding carboxylic acids is 1. The maximum atomic E-state index is 13.2. The van der Waals surface area contributed by atoms with E-state index in [1.54, 1.807) is 30.3 Å². The maximum absolute atomic E-state index is 13.2. The third-order valence-corrected chi connectivity index (χ3v) is 13.6. The van der Waals surface area contributed by atoms with Gasteiger partial charge in [0.25, 0.3) is 12.3 Å². The molecule has 13 rings (SSSR count). The molecule has 0 aromatic heterocycles. The lowest BCUT2D eigenvalue weighted by atomic mass is 9.65. The molecule has 1 aliphatic carbocycles. The molecule has 0 radical (unpaired) electrons. The van der Waals surface area contributed by atoms with Crippen LogP contribution in [0.2, 0.25) is 0 Å². The second-order valence-corrected chi connectivity index (χ2v) is 16.6. The number of ether oxygens (including phenoxy) is 3. The highest BCUT2D eigenvalue weighted by Gasteiger charge is 2.54. The largest absolute Gasteiger partial charge is 0.508 e. The smallest absolute Gasteiger partial charge is 0.340 e. The van der Waals surface area contributed by atoms with E-state index in [4.69, 9.17) is 26.8 Å². The molecular formula is C53H30O8S2. The molecule has 0 amide bonds. The van der Waals surface area contributed by atoms with Gasteiger partial charge >= 0.3 is 5.97 Å². The van der Waals surface area contributed by atoms with Gasteiger partial charge in [-0.15, -0.1) is 0 Å². The van der Waals surface area contributed by atoms with Crippen LogP contribution in [0.15, 0.2) is 170 Å². The van der Waals surface area contributed by atoms with Crippen molar-refractivity contribution < 1.29 is 36.7 Å². The minimum Gasteiger partial charge on any atom is -0.508 e. The van der Waals surface area contributed by atoms with Crippen molar-refractivity contribution in [3.05, 3.63) is 214 Å². The molecule has 0 saturated heterocycles. The third kappa shape index (κ3) is 4.93. The lowest BCUT2D eigenvalue weighted by Gasteiger charge is -2.40. The van der Waals surface area contributed by atoms with Crippen molar-refractivity contribution in [2.45, 2.75) is 11.0 Å². The number of hydrogen-bond donors (Lipinski definition) is 2. The molecule has 1 atom stereocenters. The fourth-order valence-corrected chi connectivity index (χ4v) is 10.8. The summed E-state index contributed by atoms with van der Waals surface area (Å²) in [5.41, 5.74) is 7.48. The highest BCUT2D eigenvalue weighted by molar-refractivity contribution is 7.90. The lowest BCUT2D eigenvalue weighted by Crippen LogP contribution is -2.32. The summed E-state index contributed by atoms with van der Waals surface area (Å²) in [4.78, 5) is 13.2. The number of carbonyl (C=O) groups is 1. The van der Waals surface area contributed by atoms with Gasteiger partial charge in [0, 0.05) is 63.6 Å². The van der Waals surface area contributed by atoms with Gasteiger partial charge < -0.3 is 31.9 Å². The molecule has 3 heterocycles. The molecule has 63 heavy (non-hydrogen) atoms. The van der Waals surface area contributed by atoms with Gasteiger partial charge in [-0.25, -0.2) is 4.79 Å². The minimum atomic E-state index is -1.26. The lowest BCUT2D eigenvalue weighted by molar-refractivity contribution is 0.0224. The van der Waals surface area contributed by atoms with Crippen LogP contribution in [0, 0.1) is 0 Å². The SMILES string of the molecule is O=C1OC2(c3ccc(O)cc3Oc3cc(OSOc4ccc5c6c(ccc5c4)C4(c5ccccc5-c5ccccc54)c4ccc5cc(OS)ccc5c4O6)ccc32)c2ccccc21. The molecule has 8 nitrogen and oxygen atoms in total. The highest BCUT2D eigenvalue weighted by Crippen LogP contribution is 2.64. The molecule has 9 aromatic rings.